The minimum absolute atomic E-state index is 0.201. The summed E-state index contributed by atoms with van der Waals surface area (Å²) >= 11 is 0. The number of fused-ring (bicyclic) bond motifs is 1. The number of esters is 1. The second kappa shape index (κ2) is 8.14. The van der Waals surface area contributed by atoms with Crippen LogP contribution in [0.3, 0.4) is 0 Å². The highest BCUT2D eigenvalue weighted by atomic mass is 16.6. The molecule has 3 aromatic rings. The fourth-order valence-corrected chi connectivity index (χ4v) is 3.08. The van der Waals surface area contributed by atoms with E-state index in [1.807, 2.05) is 0 Å². The molecule has 2 aromatic carbocycles. The number of hydrogen-bond donors (Lipinski definition) is 1. The third-order valence-corrected chi connectivity index (χ3v) is 4.27. The summed E-state index contributed by atoms with van der Waals surface area (Å²) in [4.78, 5) is 50.4. The quantitative estimate of drug-likeness (QED) is 0.349. The second-order valence-corrected chi connectivity index (χ2v) is 6.71. The van der Waals surface area contributed by atoms with Crippen molar-refractivity contribution in [3.8, 4) is 11.3 Å². The molecule has 0 fully saturated rings. The number of carboxylic acids is 1. The Balaban J connectivity index is 2.58. The molecule has 1 heterocycles. The number of carbonyl (C=O) groups is 2. The van der Waals surface area contributed by atoms with Crippen molar-refractivity contribution in [3.05, 3.63) is 73.8 Å². The lowest BCUT2D eigenvalue weighted by molar-refractivity contribution is -0.393. The van der Waals surface area contributed by atoms with Crippen molar-refractivity contribution in [2.75, 3.05) is 0 Å². The van der Waals surface area contributed by atoms with Crippen LogP contribution in [0, 0.1) is 20.2 Å². The number of nitrogens with zero attached hydrogens (tertiary/aromatic N) is 3. The highest BCUT2D eigenvalue weighted by Crippen LogP contribution is 2.37. The van der Waals surface area contributed by atoms with E-state index >= 15 is 0 Å². The van der Waals surface area contributed by atoms with E-state index in [0.717, 1.165) is 6.07 Å². The summed E-state index contributed by atoms with van der Waals surface area (Å²) in [7, 11) is 0. The molecule has 0 bridgehead atoms. The first-order valence-electron chi connectivity index (χ1n) is 8.92. The Kier molecular flexibility index (Phi) is 5.60. The van der Waals surface area contributed by atoms with E-state index < -0.39 is 50.4 Å². The van der Waals surface area contributed by atoms with Gasteiger partial charge in [-0.05, 0) is 13.8 Å². The number of non-ortho nitro benzene ring substituents is 2. The second-order valence-electron chi connectivity index (χ2n) is 6.71. The largest absolute Gasteiger partial charge is 0.478 e. The minimum Gasteiger partial charge on any atom is -0.478 e. The van der Waals surface area contributed by atoms with E-state index in [2.05, 4.69) is 4.98 Å². The average molecular weight is 425 g/mol. The van der Waals surface area contributed by atoms with Crippen LogP contribution in [0.5, 0.6) is 0 Å². The predicted octanol–water partition coefficient (Wildman–Crippen LogP) is 3.98. The summed E-state index contributed by atoms with van der Waals surface area (Å²) in [5.74, 6) is -2.63. The predicted molar refractivity (Wildman–Crippen MR) is 108 cm³/mol. The molecule has 0 unspecified atom stereocenters. The molecule has 11 nitrogen and oxygen atoms in total. The van der Waals surface area contributed by atoms with Gasteiger partial charge >= 0.3 is 17.6 Å². The van der Waals surface area contributed by atoms with Gasteiger partial charge in [0.2, 0.25) is 0 Å². The number of nitro groups is 2. The zero-order valence-electron chi connectivity index (χ0n) is 16.3. The highest BCUT2D eigenvalue weighted by Gasteiger charge is 2.32. The maximum atomic E-state index is 12.9. The van der Waals surface area contributed by atoms with Crippen molar-refractivity contribution in [2.24, 2.45) is 0 Å². The Hall–Kier alpha value is -4.41. The normalized spacial score (nSPS) is 10.8. The van der Waals surface area contributed by atoms with Gasteiger partial charge in [-0.1, -0.05) is 30.3 Å². The van der Waals surface area contributed by atoms with Crippen LogP contribution in [-0.4, -0.2) is 38.0 Å². The van der Waals surface area contributed by atoms with Crippen LogP contribution in [0.15, 0.2) is 42.5 Å². The van der Waals surface area contributed by atoms with Crippen LogP contribution in [-0.2, 0) is 4.74 Å². The molecule has 158 valence electrons. The zero-order valence-corrected chi connectivity index (χ0v) is 16.3. The van der Waals surface area contributed by atoms with Crippen LogP contribution >= 0.6 is 0 Å². The number of rotatable bonds is 6. The van der Waals surface area contributed by atoms with E-state index in [9.17, 15) is 34.9 Å². The lowest BCUT2D eigenvalue weighted by atomic mass is 9.95. The number of carbonyl (C=O) groups excluding carboxylic acids is 1. The van der Waals surface area contributed by atoms with Gasteiger partial charge in [0.1, 0.15) is 11.1 Å². The van der Waals surface area contributed by atoms with Crippen LogP contribution in [0.4, 0.5) is 11.4 Å². The number of pyridine rings is 1. The molecule has 0 saturated carbocycles. The molecule has 0 aliphatic rings. The van der Waals surface area contributed by atoms with Crippen molar-refractivity contribution in [2.45, 2.75) is 20.0 Å². The van der Waals surface area contributed by atoms with Gasteiger partial charge in [-0.3, -0.25) is 20.2 Å². The van der Waals surface area contributed by atoms with Gasteiger partial charge in [-0.15, -0.1) is 0 Å². The van der Waals surface area contributed by atoms with Crippen LogP contribution in [0.1, 0.15) is 34.6 Å². The smallest absolute Gasteiger partial charge is 0.340 e. The number of ether oxygens (including phenoxy) is 1. The van der Waals surface area contributed by atoms with E-state index in [4.69, 9.17) is 4.74 Å². The lowest BCUT2D eigenvalue weighted by Crippen LogP contribution is -2.18. The SMILES string of the molecule is CC(C)OC(=O)c1c(C(=O)O)c(-c2ccccc2)nc2c([N+](=O)[O-])cc([N+](=O)[O-])cc12. The molecule has 11 heteroatoms. The van der Waals surface area contributed by atoms with Gasteiger partial charge in [0.05, 0.1) is 33.3 Å². The molecule has 31 heavy (non-hydrogen) atoms. The Morgan fingerprint density at radius 2 is 1.68 bits per heavy atom. The van der Waals surface area contributed by atoms with Crippen molar-refractivity contribution in [1.29, 1.82) is 0 Å². The fourth-order valence-electron chi connectivity index (χ4n) is 3.08. The van der Waals surface area contributed by atoms with E-state index in [0.29, 0.717) is 6.07 Å². The molecule has 0 radical (unpaired) electrons. The zero-order chi connectivity index (χ0) is 22.9. The standard InChI is InChI=1S/C20H15N3O8/c1-10(2)31-20(26)15-13-8-12(22(27)28)9-14(23(29)30)18(13)21-17(16(15)19(24)25)11-6-4-3-5-7-11/h3-10H,1-2H3,(H,24,25). The highest BCUT2D eigenvalue weighted by molar-refractivity contribution is 6.16. The average Bonchev–Trinajstić information content (AvgIpc) is 2.71. The Morgan fingerprint density at radius 1 is 1.03 bits per heavy atom. The summed E-state index contributed by atoms with van der Waals surface area (Å²) in [5.41, 5.74) is -2.83. The molecule has 0 aliphatic carbocycles. The van der Waals surface area contributed by atoms with Gasteiger partial charge in [0.25, 0.3) is 5.69 Å². The first-order chi connectivity index (χ1) is 14.6. The number of carboxylic acid groups (broad SMARTS) is 1. The van der Waals surface area contributed by atoms with Crippen molar-refractivity contribution < 1.29 is 29.3 Å². The van der Waals surface area contributed by atoms with E-state index in [1.165, 1.54) is 26.0 Å². The van der Waals surface area contributed by atoms with Crippen LogP contribution in [0.25, 0.3) is 22.2 Å². The van der Waals surface area contributed by atoms with Gasteiger partial charge in [0.15, 0.2) is 0 Å². The Morgan fingerprint density at radius 3 is 2.19 bits per heavy atom. The molecule has 1 aromatic heterocycles. The molecule has 0 spiro atoms. The Labute approximate surface area is 174 Å². The maximum absolute atomic E-state index is 12.9. The number of aromatic nitrogens is 1. The van der Waals surface area contributed by atoms with Gasteiger partial charge in [0, 0.05) is 17.0 Å². The lowest BCUT2D eigenvalue weighted by Gasteiger charge is -2.15. The molecule has 0 aliphatic heterocycles. The monoisotopic (exact) mass is 425 g/mol. The maximum Gasteiger partial charge on any atom is 0.340 e. The number of nitro benzene ring substituents is 2. The van der Waals surface area contributed by atoms with Crippen molar-refractivity contribution in [3.63, 3.8) is 0 Å². The summed E-state index contributed by atoms with van der Waals surface area (Å²) in [6.07, 6.45) is -0.647. The number of hydrogen-bond acceptors (Lipinski definition) is 8. The Bertz CT molecular complexity index is 1240. The molecule has 3 rings (SSSR count). The van der Waals surface area contributed by atoms with Gasteiger partial charge < -0.3 is 9.84 Å². The molecular weight excluding hydrogens is 410 g/mol. The summed E-state index contributed by atoms with van der Waals surface area (Å²) in [5, 5.41) is 32.5. The minimum atomic E-state index is -1.54. The van der Waals surface area contributed by atoms with Crippen LogP contribution in [0.2, 0.25) is 0 Å². The first-order valence-corrected chi connectivity index (χ1v) is 8.92. The third-order valence-electron chi connectivity index (χ3n) is 4.27. The summed E-state index contributed by atoms with van der Waals surface area (Å²) in [6, 6.07) is 9.51. The van der Waals surface area contributed by atoms with Gasteiger partial charge in [-0.25, -0.2) is 14.6 Å². The van der Waals surface area contributed by atoms with E-state index in [1.54, 1.807) is 18.2 Å². The topological polar surface area (TPSA) is 163 Å². The third kappa shape index (κ3) is 4.01. The molecule has 1 N–H and O–H groups in total. The fraction of sp³-hybridized carbons (Fsp3) is 0.150. The molecule has 0 atom stereocenters. The summed E-state index contributed by atoms with van der Waals surface area (Å²) < 4.78 is 5.16. The molecule has 0 saturated heterocycles. The first kappa shape index (κ1) is 21.3. The number of aromatic carboxylic acids is 1. The van der Waals surface area contributed by atoms with Gasteiger partial charge in [-0.2, -0.15) is 0 Å². The summed E-state index contributed by atoms with van der Waals surface area (Å²) in [6.45, 7) is 3.06. The van der Waals surface area contributed by atoms with Crippen molar-refractivity contribution >= 4 is 34.2 Å². The molecular formula is C20H15N3O8. The molecule has 0 amide bonds. The van der Waals surface area contributed by atoms with E-state index in [-0.39, 0.29) is 22.2 Å². The number of benzene rings is 2. The van der Waals surface area contributed by atoms with Crippen molar-refractivity contribution in [1.82, 2.24) is 4.98 Å². The van der Waals surface area contributed by atoms with Crippen LogP contribution < -0.4 is 0 Å².